The van der Waals surface area contributed by atoms with Crippen LogP contribution in [0.5, 0.6) is 0 Å². The van der Waals surface area contributed by atoms with Crippen LogP contribution in [-0.2, 0) is 0 Å². The van der Waals surface area contributed by atoms with Gasteiger partial charge in [0.1, 0.15) is 0 Å². The van der Waals surface area contributed by atoms with E-state index in [2.05, 4.69) is 13.8 Å². The monoisotopic (exact) mass is 164 g/mol. The Hall–Kier alpha value is 0. The van der Waals surface area contributed by atoms with Crippen molar-refractivity contribution in [3.05, 3.63) is 0 Å². The van der Waals surface area contributed by atoms with Crippen LogP contribution in [0.25, 0.3) is 0 Å². The van der Waals surface area contributed by atoms with Gasteiger partial charge in [0.25, 0.3) is 0 Å². The second-order valence-electron chi connectivity index (χ2n) is 5.66. The summed E-state index contributed by atoms with van der Waals surface area (Å²) in [7, 11) is 0. The average molecular weight is 164 g/mol. The van der Waals surface area contributed by atoms with Gasteiger partial charge in [0, 0.05) is 0 Å². The standard InChI is InChI=1S/C12H20/c1-7-3-4-9(10-5-8(10)2)12-6-11(7)12/h7-12H,3-6H2,1-2H3. The quantitative estimate of drug-likeness (QED) is 0.557. The molecule has 3 saturated carbocycles. The van der Waals surface area contributed by atoms with Crippen molar-refractivity contribution in [3.8, 4) is 0 Å². The molecule has 12 heavy (non-hydrogen) atoms. The van der Waals surface area contributed by atoms with Gasteiger partial charge in [-0.25, -0.2) is 0 Å². The Bertz CT molecular complexity index is 196. The van der Waals surface area contributed by atoms with Gasteiger partial charge >= 0.3 is 0 Å². The number of rotatable bonds is 1. The SMILES string of the molecule is CC1CC1C1CCC(C)C2CC21. The van der Waals surface area contributed by atoms with Gasteiger partial charge in [0.05, 0.1) is 0 Å². The van der Waals surface area contributed by atoms with E-state index in [-0.39, 0.29) is 0 Å². The summed E-state index contributed by atoms with van der Waals surface area (Å²) in [6.45, 7) is 4.91. The van der Waals surface area contributed by atoms with Crippen molar-refractivity contribution >= 4 is 0 Å². The summed E-state index contributed by atoms with van der Waals surface area (Å²) in [5.74, 6) is 6.83. The molecule has 0 aromatic rings. The van der Waals surface area contributed by atoms with Gasteiger partial charge in [-0.2, -0.15) is 0 Å². The lowest BCUT2D eigenvalue weighted by Gasteiger charge is -2.25. The summed E-state index contributed by atoms with van der Waals surface area (Å²) in [6, 6.07) is 0. The van der Waals surface area contributed by atoms with E-state index >= 15 is 0 Å². The molecule has 0 aliphatic heterocycles. The zero-order chi connectivity index (χ0) is 8.29. The first-order chi connectivity index (χ1) is 5.77. The van der Waals surface area contributed by atoms with E-state index in [4.69, 9.17) is 0 Å². The number of hydrogen-bond donors (Lipinski definition) is 0. The smallest absolute Gasteiger partial charge is 0.0349 e. The topological polar surface area (TPSA) is 0 Å². The molecule has 0 N–H and O–H groups in total. The van der Waals surface area contributed by atoms with Gasteiger partial charge in [-0.1, -0.05) is 20.3 Å². The summed E-state index contributed by atoms with van der Waals surface area (Å²) in [5.41, 5.74) is 0. The predicted octanol–water partition coefficient (Wildman–Crippen LogP) is 3.32. The minimum Gasteiger partial charge on any atom is -0.0622 e. The Morgan fingerprint density at radius 2 is 1.33 bits per heavy atom. The third-order valence-electron chi connectivity index (χ3n) is 4.85. The van der Waals surface area contributed by atoms with E-state index in [9.17, 15) is 0 Å². The summed E-state index contributed by atoms with van der Waals surface area (Å²) >= 11 is 0. The van der Waals surface area contributed by atoms with E-state index in [1.54, 1.807) is 19.3 Å². The van der Waals surface area contributed by atoms with E-state index in [0.717, 1.165) is 23.7 Å². The second-order valence-corrected chi connectivity index (χ2v) is 5.66. The fourth-order valence-electron chi connectivity index (χ4n) is 3.74. The molecule has 3 aliphatic rings. The maximum absolute atomic E-state index is 2.47. The van der Waals surface area contributed by atoms with E-state index in [1.165, 1.54) is 18.3 Å². The summed E-state index contributed by atoms with van der Waals surface area (Å²) in [6.07, 6.45) is 6.25. The van der Waals surface area contributed by atoms with E-state index in [0.29, 0.717) is 0 Å². The normalized spacial score (nSPS) is 62.5. The summed E-state index contributed by atoms with van der Waals surface area (Å²) < 4.78 is 0. The van der Waals surface area contributed by atoms with Crippen molar-refractivity contribution in [2.45, 2.75) is 39.5 Å². The molecule has 0 saturated heterocycles. The van der Waals surface area contributed by atoms with Crippen molar-refractivity contribution in [2.24, 2.45) is 35.5 Å². The molecule has 6 unspecified atom stereocenters. The molecule has 3 aliphatic carbocycles. The zero-order valence-electron chi connectivity index (χ0n) is 8.29. The Morgan fingerprint density at radius 1 is 0.667 bits per heavy atom. The first-order valence-corrected chi connectivity index (χ1v) is 5.77. The van der Waals surface area contributed by atoms with Crippen molar-refractivity contribution in [2.75, 3.05) is 0 Å². The third kappa shape index (κ3) is 0.963. The van der Waals surface area contributed by atoms with Gasteiger partial charge in [-0.05, 0) is 54.8 Å². The minimum atomic E-state index is 1.07. The first kappa shape index (κ1) is 7.41. The van der Waals surface area contributed by atoms with Crippen molar-refractivity contribution in [1.29, 1.82) is 0 Å². The lowest BCUT2D eigenvalue weighted by atomic mass is 9.80. The maximum atomic E-state index is 2.47. The lowest BCUT2D eigenvalue weighted by molar-refractivity contribution is 0.241. The molecule has 0 amide bonds. The Kier molecular flexibility index (Phi) is 1.40. The predicted molar refractivity (Wildman–Crippen MR) is 50.8 cm³/mol. The summed E-state index contributed by atoms with van der Waals surface area (Å²) in [5, 5.41) is 0. The number of fused-ring (bicyclic) bond motifs is 1. The van der Waals surface area contributed by atoms with Crippen LogP contribution in [0.15, 0.2) is 0 Å². The van der Waals surface area contributed by atoms with Crippen LogP contribution in [0.4, 0.5) is 0 Å². The molecule has 0 aromatic carbocycles. The fraction of sp³-hybridized carbons (Fsp3) is 1.00. The van der Waals surface area contributed by atoms with Gasteiger partial charge in [0.2, 0.25) is 0 Å². The molecule has 0 nitrogen and oxygen atoms in total. The molecular weight excluding hydrogens is 144 g/mol. The van der Waals surface area contributed by atoms with E-state index in [1.807, 2.05) is 0 Å². The third-order valence-corrected chi connectivity index (χ3v) is 4.85. The Labute approximate surface area is 75.7 Å². The largest absolute Gasteiger partial charge is 0.0622 e. The van der Waals surface area contributed by atoms with Crippen LogP contribution >= 0.6 is 0 Å². The molecule has 6 atom stereocenters. The highest BCUT2D eigenvalue weighted by Crippen LogP contribution is 2.62. The molecule has 0 radical (unpaired) electrons. The van der Waals surface area contributed by atoms with E-state index < -0.39 is 0 Å². The molecule has 0 spiro atoms. The first-order valence-electron chi connectivity index (χ1n) is 5.77. The Morgan fingerprint density at radius 3 is 2.00 bits per heavy atom. The average Bonchev–Trinajstić information content (AvgIpc) is 2.86. The molecular formula is C12H20. The number of hydrogen-bond acceptors (Lipinski definition) is 0. The second kappa shape index (κ2) is 2.27. The van der Waals surface area contributed by atoms with Crippen molar-refractivity contribution in [3.63, 3.8) is 0 Å². The fourth-order valence-corrected chi connectivity index (χ4v) is 3.74. The van der Waals surface area contributed by atoms with Gasteiger partial charge in [-0.3, -0.25) is 0 Å². The summed E-state index contributed by atoms with van der Waals surface area (Å²) in [4.78, 5) is 0. The highest BCUT2D eigenvalue weighted by atomic mass is 14.6. The molecule has 68 valence electrons. The lowest BCUT2D eigenvalue weighted by Crippen LogP contribution is -2.17. The molecule has 0 heteroatoms. The molecule has 0 aromatic heterocycles. The van der Waals surface area contributed by atoms with Gasteiger partial charge in [-0.15, -0.1) is 0 Å². The van der Waals surface area contributed by atoms with Crippen LogP contribution in [0.3, 0.4) is 0 Å². The van der Waals surface area contributed by atoms with Crippen LogP contribution in [0.2, 0.25) is 0 Å². The van der Waals surface area contributed by atoms with Crippen LogP contribution in [0, 0.1) is 35.5 Å². The molecule has 0 heterocycles. The zero-order valence-corrected chi connectivity index (χ0v) is 8.29. The Balaban J connectivity index is 1.67. The molecule has 3 rings (SSSR count). The highest BCUT2D eigenvalue weighted by molar-refractivity contribution is 5.03. The molecule has 0 bridgehead atoms. The van der Waals surface area contributed by atoms with Crippen LogP contribution in [-0.4, -0.2) is 0 Å². The van der Waals surface area contributed by atoms with Gasteiger partial charge in [0.15, 0.2) is 0 Å². The highest BCUT2D eigenvalue weighted by Gasteiger charge is 2.54. The van der Waals surface area contributed by atoms with Crippen LogP contribution < -0.4 is 0 Å². The maximum Gasteiger partial charge on any atom is -0.0349 e. The van der Waals surface area contributed by atoms with Crippen molar-refractivity contribution < 1.29 is 0 Å². The molecule has 3 fully saturated rings. The van der Waals surface area contributed by atoms with Crippen LogP contribution in [0.1, 0.15) is 39.5 Å². The minimum absolute atomic E-state index is 1.07. The van der Waals surface area contributed by atoms with Crippen molar-refractivity contribution in [1.82, 2.24) is 0 Å². The van der Waals surface area contributed by atoms with Gasteiger partial charge < -0.3 is 0 Å².